The number of aromatic hydroxyl groups is 1. The Kier molecular flexibility index (Phi) is 7.30. The van der Waals surface area contributed by atoms with Crippen LogP contribution in [0, 0.1) is 11.3 Å². The molecule has 4 rings (SSSR count). The predicted molar refractivity (Wildman–Crippen MR) is 138 cm³/mol. The number of hydrogen-bond acceptors (Lipinski definition) is 9. The minimum atomic E-state index is -0.830. The molecule has 13 heteroatoms. The van der Waals surface area contributed by atoms with Crippen molar-refractivity contribution in [1.29, 1.82) is 5.26 Å². The Morgan fingerprint density at radius 2 is 1.97 bits per heavy atom. The van der Waals surface area contributed by atoms with Crippen LogP contribution in [-0.2, 0) is 14.1 Å². The quantitative estimate of drug-likeness (QED) is 0.362. The number of hydrogen-bond donors (Lipinski definition) is 2. The third-order valence-electron chi connectivity index (χ3n) is 6.36. The smallest absolute Gasteiger partial charge is 0.296 e. The highest BCUT2D eigenvalue weighted by atomic mass is 16.5. The monoisotopic (exact) mass is 530 g/mol. The largest absolute Gasteiger partial charge is 0.501 e. The molecule has 39 heavy (non-hydrogen) atoms. The molecular weight excluding hydrogens is 504 g/mol. The van der Waals surface area contributed by atoms with Crippen LogP contribution in [0.4, 0.5) is 5.69 Å². The van der Waals surface area contributed by atoms with Crippen LogP contribution in [0.15, 0.2) is 52.4 Å². The van der Waals surface area contributed by atoms with E-state index < -0.39 is 34.7 Å². The third-order valence-corrected chi connectivity index (χ3v) is 6.36. The zero-order chi connectivity index (χ0) is 28.4. The SMILES string of the molecule is C[C@H](c1nc(C(=O)Nc2cnoc2)c(O)c(=O)n1C)[C@H](c1cnn(C)c1)c1ccc(C(=O)N(C)C)cc1C#N. The molecule has 0 unspecified atom stereocenters. The molecule has 1 aromatic carbocycles. The molecule has 200 valence electrons. The molecule has 2 atom stereocenters. The van der Waals surface area contributed by atoms with Crippen molar-refractivity contribution in [2.75, 3.05) is 19.4 Å². The van der Waals surface area contributed by atoms with Crippen LogP contribution in [0.2, 0.25) is 0 Å². The maximum atomic E-state index is 13.0. The fourth-order valence-electron chi connectivity index (χ4n) is 4.43. The summed E-state index contributed by atoms with van der Waals surface area (Å²) in [5, 5.41) is 30.8. The van der Waals surface area contributed by atoms with Gasteiger partial charge in [0.25, 0.3) is 17.4 Å². The average Bonchev–Trinajstić information content (AvgIpc) is 3.58. The van der Waals surface area contributed by atoms with Crippen molar-refractivity contribution in [2.45, 2.75) is 18.8 Å². The molecule has 0 aliphatic rings. The standard InChI is InChI=1S/C26H26N8O5/c1-14(23-31-21(22(35)26(38)34(23)5)24(36)30-18-11-29-39-13-18)20(17-10-28-33(4)12-17)19-7-6-15(8-16(19)9-27)25(37)32(2)3/h6-8,10-14,20,35H,1-5H3,(H,30,36)/t14-,20+/m0/s1. The fourth-order valence-corrected chi connectivity index (χ4v) is 4.43. The Morgan fingerprint density at radius 1 is 1.23 bits per heavy atom. The number of aromatic nitrogens is 5. The first kappa shape index (κ1) is 26.8. The summed E-state index contributed by atoms with van der Waals surface area (Å²) in [6, 6.07) is 7.03. The second-order valence-electron chi connectivity index (χ2n) is 9.23. The number of carbonyl (C=O) groups is 2. The molecule has 13 nitrogen and oxygen atoms in total. The Bertz CT molecular complexity index is 1650. The predicted octanol–water partition coefficient (Wildman–Crippen LogP) is 1.97. The van der Waals surface area contributed by atoms with Crippen molar-refractivity contribution in [3.05, 3.63) is 87.2 Å². The highest BCUT2D eigenvalue weighted by Gasteiger charge is 2.32. The first-order valence-electron chi connectivity index (χ1n) is 11.8. The van der Waals surface area contributed by atoms with Gasteiger partial charge in [0, 0.05) is 51.8 Å². The Hall–Kier alpha value is -5.25. The Balaban J connectivity index is 1.86. The normalized spacial score (nSPS) is 12.4. The molecule has 4 aromatic rings. The van der Waals surface area contributed by atoms with Gasteiger partial charge in [0.05, 0.1) is 24.0 Å². The van der Waals surface area contributed by atoms with Crippen LogP contribution in [0.1, 0.15) is 62.1 Å². The van der Waals surface area contributed by atoms with Crippen molar-refractivity contribution >= 4 is 17.5 Å². The second-order valence-corrected chi connectivity index (χ2v) is 9.23. The lowest BCUT2D eigenvalue weighted by atomic mass is 9.80. The van der Waals surface area contributed by atoms with E-state index in [1.807, 2.05) is 0 Å². The minimum Gasteiger partial charge on any atom is -0.501 e. The lowest BCUT2D eigenvalue weighted by Gasteiger charge is -2.26. The van der Waals surface area contributed by atoms with Crippen LogP contribution < -0.4 is 10.9 Å². The van der Waals surface area contributed by atoms with Gasteiger partial charge in [-0.25, -0.2) is 4.98 Å². The van der Waals surface area contributed by atoms with E-state index in [1.165, 1.54) is 30.5 Å². The summed E-state index contributed by atoms with van der Waals surface area (Å²) in [7, 11) is 6.43. The lowest BCUT2D eigenvalue weighted by Crippen LogP contribution is -2.29. The molecule has 3 aromatic heterocycles. The average molecular weight is 531 g/mol. The molecule has 0 fully saturated rings. The minimum absolute atomic E-state index is 0.180. The van der Waals surface area contributed by atoms with Crippen LogP contribution in [0.5, 0.6) is 5.75 Å². The number of nitriles is 1. The second kappa shape index (κ2) is 10.6. The third kappa shape index (κ3) is 5.12. The van der Waals surface area contributed by atoms with Gasteiger partial charge in [0.15, 0.2) is 5.69 Å². The summed E-state index contributed by atoms with van der Waals surface area (Å²) in [4.78, 5) is 44.2. The number of nitrogens with one attached hydrogen (secondary N) is 1. The van der Waals surface area contributed by atoms with Crippen molar-refractivity contribution in [3.8, 4) is 11.8 Å². The summed E-state index contributed by atoms with van der Waals surface area (Å²) in [6.07, 6.45) is 5.86. The zero-order valence-corrected chi connectivity index (χ0v) is 21.9. The zero-order valence-electron chi connectivity index (χ0n) is 21.9. The summed E-state index contributed by atoms with van der Waals surface area (Å²) in [6.45, 7) is 1.79. The Labute approximate surface area is 222 Å². The van der Waals surface area contributed by atoms with E-state index in [4.69, 9.17) is 4.52 Å². The van der Waals surface area contributed by atoms with Crippen molar-refractivity contribution in [3.63, 3.8) is 0 Å². The number of carbonyl (C=O) groups excluding carboxylic acids is 2. The van der Waals surface area contributed by atoms with E-state index in [0.717, 1.165) is 4.57 Å². The van der Waals surface area contributed by atoms with Gasteiger partial charge in [0.1, 0.15) is 17.8 Å². The fraction of sp³-hybridized carbons (Fsp3) is 0.269. The van der Waals surface area contributed by atoms with Gasteiger partial charge in [-0.05, 0) is 23.3 Å². The molecule has 0 saturated carbocycles. The topological polar surface area (TPSA) is 172 Å². The highest BCUT2D eigenvalue weighted by Crippen LogP contribution is 2.39. The number of amides is 2. The highest BCUT2D eigenvalue weighted by molar-refractivity contribution is 6.04. The van der Waals surface area contributed by atoms with Crippen molar-refractivity contribution in [2.24, 2.45) is 14.1 Å². The van der Waals surface area contributed by atoms with Crippen molar-refractivity contribution in [1.82, 2.24) is 29.4 Å². The van der Waals surface area contributed by atoms with E-state index in [-0.39, 0.29) is 23.0 Å². The summed E-state index contributed by atoms with van der Waals surface area (Å²) in [5.74, 6) is -2.88. The maximum Gasteiger partial charge on any atom is 0.296 e. The van der Waals surface area contributed by atoms with Gasteiger partial charge in [-0.2, -0.15) is 10.4 Å². The summed E-state index contributed by atoms with van der Waals surface area (Å²) < 4.78 is 7.47. The van der Waals surface area contributed by atoms with E-state index in [2.05, 4.69) is 26.6 Å². The van der Waals surface area contributed by atoms with Crippen molar-refractivity contribution < 1.29 is 19.2 Å². The summed E-state index contributed by atoms with van der Waals surface area (Å²) in [5.41, 5.74) is 0.823. The number of aryl methyl sites for hydroxylation is 1. The molecule has 0 aliphatic carbocycles. The van der Waals surface area contributed by atoms with Crippen LogP contribution in [0.3, 0.4) is 0 Å². The van der Waals surface area contributed by atoms with Gasteiger partial charge in [0.2, 0.25) is 5.75 Å². The number of anilines is 1. The van der Waals surface area contributed by atoms with E-state index in [0.29, 0.717) is 16.7 Å². The number of rotatable bonds is 7. The number of benzene rings is 1. The van der Waals surface area contributed by atoms with E-state index in [1.54, 1.807) is 57.3 Å². The summed E-state index contributed by atoms with van der Waals surface area (Å²) >= 11 is 0. The van der Waals surface area contributed by atoms with Gasteiger partial charge in [-0.15, -0.1) is 0 Å². The van der Waals surface area contributed by atoms with E-state index in [9.17, 15) is 24.8 Å². The van der Waals surface area contributed by atoms with Gasteiger partial charge in [-0.1, -0.05) is 18.1 Å². The molecule has 0 radical (unpaired) electrons. The molecule has 0 bridgehead atoms. The van der Waals surface area contributed by atoms with Crippen LogP contribution in [0.25, 0.3) is 0 Å². The van der Waals surface area contributed by atoms with Gasteiger partial charge < -0.3 is 19.8 Å². The number of nitrogens with zero attached hydrogens (tertiary/aromatic N) is 7. The molecule has 2 amide bonds. The molecule has 0 saturated heterocycles. The van der Waals surface area contributed by atoms with Gasteiger partial charge >= 0.3 is 0 Å². The maximum absolute atomic E-state index is 13.0. The molecule has 2 N–H and O–H groups in total. The van der Waals surface area contributed by atoms with Crippen LogP contribution >= 0.6 is 0 Å². The first-order chi connectivity index (χ1) is 18.5. The molecule has 0 aliphatic heterocycles. The van der Waals surface area contributed by atoms with Crippen LogP contribution in [-0.4, -0.2) is 60.4 Å². The Morgan fingerprint density at radius 3 is 2.56 bits per heavy atom. The lowest BCUT2D eigenvalue weighted by molar-refractivity contribution is 0.0827. The first-order valence-corrected chi connectivity index (χ1v) is 11.8. The van der Waals surface area contributed by atoms with E-state index >= 15 is 0 Å². The molecule has 3 heterocycles. The van der Waals surface area contributed by atoms with Gasteiger partial charge in [-0.3, -0.25) is 23.6 Å². The molecule has 0 spiro atoms. The molecular formula is C26H26N8O5.